The van der Waals surface area contributed by atoms with Crippen molar-refractivity contribution in [2.24, 2.45) is 11.8 Å². The molecule has 2 aliphatic rings. The number of likely N-dealkylation sites (tertiary alicyclic amines) is 1. The molecular weight excluding hydrogens is 190 g/mol. The van der Waals surface area contributed by atoms with Crippen molar-refractivity contribution in [1.29, 1.82) is 0 Å². The first-order valence-electron chi connectivity index (χ1n) is 6.03. The maximum absolute atomic E-state index is 11.4. The zero-order valence-corrected chi connectivity index (χ0v) is 9.70. The third-order valence-corrected chi connectivity index (χ3v) is 4.25. The molecule has 86 valence electrons. The summed E-state index contributed by atoms with van der Waals surface area (Å²) in [4.78, 5) is 13.6. The van der Waals surface area contributed by atoms with Gasteiger partial charge in [0.2, 0.25) is 0 Å². The van der Waals surface area contributed by atoms with E-state index in [2.05, 4.69) is 11.8 Å². The molecule has 2 fully saturated rings. The van der Waals surface area contributed by atoms with Gasteiger partial charge < -0.3 is 5.11 Å². The number of carboxylic acids is 1. The summed E-state index contributed by atoms with van der Waals surface area (Å²) in [5.74, 6) is 0.529. The lowest BCUT2D eigenvalue weighted by Crippen LogP contribution is -2.56. The molecule has 1 saturated heterocycles. The van der Waals surface area contributed by atoms with Crippen molar-refractivity contribution in [1.82, 2.24) is 4.90 Å². The summed E-state index contributed by atoms with van der Waals surface area (Å²) in [7, 11) is 0. The molecule has 1 atom stereocenters. The molecule has 1 N–H and O–H groups in total. The van der Waals surface area contributed by atoms with E-state index in [1.807, 2.05) is 6.92 Å². The van der Waals surface area contributed by atoms with Crippen molar-refractivity contribution in [3.63, 3.8) is 0 Å². The topological polar surface area (TPSA) is 40.5 Å². The summed E-state index contributed by atoms with van der Waals surface area (Å²) in [6.45, 7) is 6.09. The molecule has 0 aromatic rings. The van der Waals surface area contributed by atoms with Crippen LogP contribution in [0.25, 0.3) is 0 Å². The van der Waals surface area contributed by atoms with Crippen LogP contribution >= 0.6 is 0 Å². The van der Waals surface area contributed by atoms with Gasteiger partial charge in [0.25, 0.3) is 0 Å². The molecule has 0 aromatic heterocycles. The molecule has 0 spiro atoms. The van der Waals surface area contributed by atoms with Crippen molar-refractivity contribution in [3.05, 3.63) is 0 Å². The number of aliphatic carboxylic acids is 1. The average Bonchev–Trinajstić information content (AvgIpc) is 3.00. The van der Waals surface area contributed by atoms with E-state index in [-0.39, 0.29) is 0 Å². The fraction of sp³-hybridized carbons (Fsp3) is 0.917. The Labute approximate surface area is 91.5 Å². The monoisotopic (exact) mass is 211 g/mol. The molecule has 0 bridgehead atoms. The van der Waals surface area contributed by atoms with Gasteiger partial charge in [-0.05, 0) is 57.5 Å². The van der Waals surface area contributed by atoms with E-state index < -0.39 is 11.5 Å². The lowest BCUT2D eigenvalue weighted by molar-refractivity contribution is -0.153. The summed E-state index contributed by atoms with van der Waals surface area (Å²) in [6, 6.07) is 0. The zero-order chi connectivity index (χ0) is 11.1. The fourth-order valence-electron chi connectivity index (χ4n) is 2.69. The molecule has 0 aromatic carbocycles. The smallest absolute Gasteiger partial charge is 0.324 e. The molecule has 2 rings (SSSR count). The van der Waals surface area contributed by atoms with Crippen LogP contribution in [0.5, 0.6) is 0 Å². The van der Waals surface area contributed by atoms with E-state index in [1.165, 1.54) is 0 Å². The maximum Gasteiger partial charge on any atom is 0.324 e. The molecule has 1 unspecified atom stereocenters. The van der Waals surface area contributed by atoms with Gasteiger partial charge in [-0.25, -0.2) is 0 Å². The number of hydrogen-bond acceptors (Lipinski definition) is 2. The molecular formula is C12H21NO2. The second-order valence-electron chi connectivity index (χ2n) is 5.40. The second-order valence-corrected chi connectivity index (χ2v) is 5.40. The quantitative estimate of drug-likeness (QED) is 0.776. The number of piperidine rings is 1. The third-order valence-electron chi connectivity index (χ3n) is 4.25. The zero-order valence-electron chi connectivity index (χ0n) is 9.70. The predicted molar refractivity (Wildman–Crippen MR) is 58.7 cm³/mol. The molecule has 15 heavy (non-hydrogen) atoms. The van der Waals surface area contributed by atoms with Crippen molar-refractivity contribution in [2.45, 2.75) is 45.1 Å². The first kappa shape index (κ1) is 10.9. The van der Waals surface area contributed by atoms with E-state index in [4.69, 9.17) is 0 Å². The summed E-state index contributed by atoms with van der Waals surface area (Å²) in [6.07, 6.45) is 4.48. The standard InChI is InChI=1S/C12H21NO2/c1-9-5-7-13(8-6-9)12(2,11(14)15)10-3-4-10/h9-10H,3-8H2,1-2H3,(H,14,15). The highest BCUT2D eigenvalue weighted by Gasteiger charge is 2.51. The molecule has 1 aliphatic heterocycles. The minimum atomic E-state index is -0.625. The van der Waals surface area contributed by atoms with Crippen LogP contribution in [-0.2, 0) is 4.79 Å². The van der Waals surface area contributed by atoms with Crippen LogP contribution in [0.15, 0.2) is 0 Å². The van der Waals surface area contributed by atoms with E-state index in [0.29, 0.717) is 5.92 Å². The molecule has 1 saturated carbocycles. The van der Waals surface area contributed by atoms with Crippen LogP contribution in [0, 0.1) is 11.8 Å². The first-order valence-corrected chi connectivity index (χ1v) is 6.03. The Morgan fingerprint density at radius 3 is 2.20 bits per heavy atom. The van der Waals surface area contributed by atoms with Crippen LogP contribution in [0.2, 0.25) is 0 Å². The van der Waals surface area contributed by atoms with Gasteiger partial charge in [0.1, 0.15) is 5.54 Å². The highest BCUT2D eigenvalue weighted by atomic mass is 16.4. The van der Waals surface area contributed by atoms with Crippen LogP contribution in [-0.4, -0.2) is 34.6 Å². The van der Waals surface area contributed by atoms with Crippen LogP contribution in [0.4, 0.5) is 0 Å². The first-order chi connectivity index (χ1) is 7.05. The summed E-state index contributed by atoms with van der Waals surface area (Å²) >= 11 is 0. The lowest BCUT2D eigenvalue weighted by Gasteiger charge is -2.42. The highest BCUT2D eigenvalue weighted by Crippen LogP contribution is 2.44. The van der Waals surface area contributed by atoms with E-state index in [1.54, 1.807) is 0 Å². The minimum Gasteiger partial charge on any atom is -0.480 e. The Hall–Kier alpha value is -0.570. The van der Waals surface area contributed by atoms with Gasteiger partial charge in [-0.3, -0.25) is 9.69 Å². The molecule has 3 nitrogen and oxygen atoms in total. The highest BCUT2D eigenvalue weighted by molar-refractivity contribution is 5.79. The fourth-order valence-corrected chi connectivity index (χ4v) is 2.69. The van der Waals surface area contributed by atoms with Gasteiger partial charge in [0, 0.05) is 0 Å². The van der Waals surface area contributed by atoms with Crippen molar-refractivity contribution < 1.29 is 9.90 Å². The Kier molecular flexibility index (Phi) is 2.75. The Morgan fingerprint density at radius 2 is 1.80 bits per heavy atom. The van der Waals surface area contributed by atoms with Crippen LogP contribution < -0.4 is 0 Å². The maximum atomic E-state index is 11.4. The van der Waals surface area contributed by atoms with E-state index >= 15 is 0 Å². The normalized spacial score (nSPS) is 28.7. The summed E-state index contributed by atoms with van der Waals surface area (Å²) in [5, 5.41) is 9.42. The number of rotatable bonds is 3. The SMILES string of the molecule is CC1CCN(C(C)(C(=O)O)C2CC2)CC1. The largest absolute Gasteiger partial charge is 0.480 e. The van der Waals surface area contributed by atoms with Gasteiger partial charge in [-0.15, -0.1) is 0 Å². The van der Waals surface area contributed by atoms with Crippen molar-refractivity contribution >= 4 is 5.97 Å². The van der Waals surface area contributed by atoms with Gasteiger partial charge in [-0.1, -0.05) is 6.92 Å². The molecule has 1 heterocycles. The molecule has 0 amide bonds. The summed E-state index contributed by atoms with van der Waals surface area (Å²) < 4.78 is 0. The van der Waals surface area contributed by atoms with Crippen LogP contribution in [0.1, 0.15) is 39.5 Å². The Balaban J connectivity index is 2.08. The Bertz CT molecular complexity index is 254. The third kappa shape index (κ3) is 1.89. The van der Waals surface area contributed by atoms with Crippen molar-refractivity contribution in [3.8, 4) is 0 Å². The number of hydrogen-bond donors (Lipinski definition) is 1. The van der Waals surface area contributed by atoms with Gasteiger partial charge in [-0.2, -0.15) is 0 Å². The van der Waals surface area contributed by atoms with Gasteiger partial charge in [0.15, 0.2) is 0 Å². The summed E-state index contributed by atoms with van der Waals surface area (Å²) in [5.41, 5.74) is -0.583. The van der Waals surface area contributed by atoms with Crippen LogP contribution in [0.3, 0.4) is 0 Å². The Morgan fingerprint density at radius 1 is 1.27 bits per heavy atom. The van der Waals surface area contributed by atoms with Crippen molar-refractivity contribution in [2.75, 3.05) is 13.1 Å². The number of carbonyl (C=O) groups is 1. The minimum absolute atomic E-state index is 0.392. The second kappa shape index (κ2) is 3.78. The number of carboxylic acid groups (broad SMARTS) is 1. The van der Waals surface area contributed by atoms with E-state index in [9.17, 15) is 9.90 Å². The molecule has 3 heteroatoms. The average molecular weight is 211 g/mol. The van der Waals surface area contributed by atoms with Gasteiger partial charge in [0.05, 0.1) is 0 Å². The van der Waals surface area contributed by atoms with E-state index in [0.717, 1.165) is 44.7 Å². The molecule has 0 radical (unpaired) electrons. The number of nitrogens with zero attached hydrogens (tertiary/aromatic N) is 1. The lowest BCUT2D eigenvalue weighted by atomic mass is 9.88. The predicted octanol–water partition coefficient (Wildman–Crippen LogP) is 1.97. The van der Waals surface area contributed by atoms with Gasteiger partial charge >= 0.3 is 5.97 Å². The molecule has 1 aliphatic carbocycles.